The van der Waals surface area contributed by atoms with Crippen LogP contribution in [0.15, 0.2) is 76.8 Å². The average Bonchev–Trinajstić information content (AvgIpc) is 3.25. The van der Waals surface area contributed by atoms with Crippen LogP contribution in [0.3, 0.4) is 0 Å². The molecule has 0 saturated heterocycles. The van der Waals surface area contributed by atoms with Gasteiger partial charge in [0.2, 0.25) is 0 Å². The number of hydrogen-bond acceptors (Lipinski definition) is 4. The zero-order valence-corrected chi connectivity index (χ0v) is 18.6. The van der Waals surface area contributed by atoms with E-state index in [-0.39, 0.29) is 0 Å². The van der Waals surface area contributed by atoms with E-state index in [2.05, 4.69) is 91.2 Å². The summed E-state index contributed by atoms with van der Waals surface area (Å²) in [5, 5.41) is 4.52. The Balaban J connectivity index is 1.48. The summed E-state index contributed by atoms with van der Waals surface area (Å²) in [7, 11) is 0. The monoisotopic (exact) mass is 512 g/mol. The predicted octanol–water partition coefficient (Wildman–Crippen LogP) is 8.60. The zero-order chi connectivity index (χ0) is 16.5. The topological polar surface area (TPSA) is 0 Å². The van der Waals surface area contributed by atoms with Crippen molar-refractivity contribution < 1.29 is 0 Å². The Morgan fingerprint density at radius 2 is 0.917 bits per heavy atom. The summed E-state index contributed by atoms with van der Waals surface area (Å²) in [6.07, 6.45) is 0. The van der Waals surface area contributed by atoms with Gasteiger partial charge >= 0.3 is 0 Å². The lowest BCUT2D eigenvalue weighted by molar-refractivity contribution is 1.61. The minimum atomic E-state index is 1.12. The summed E-state index contributed by atoms with van der Waals surface area (Å²) in [5.74, 6) is 0. The van der Waals surface area contributed by atoms with Crippen molar-refractivity contribution in [3.05, 3.63) is 87.9 Å². The average molecular weight is 514 g/mol. The van der Waals surface area contributed by atoms with Crippen LogP contribution in [0.1, 0.15) is 11.1 Å². The molecular weight excluding hydrogens is 504 g/mol. The summed E-state index contributed by atoms with van der Waals surface area (Å²) in [6.45, 7) is 0. The van der Waals surface area contributed by atoms with Gasteiger partial charge in [-0.3, -0.25) is 0 Å². The van der Waals surface area contributed by atoms with Gasteiger partial charge in [-0.1, -0.05) is 103 Å². The maximum atomic E-state index is 3.50. The van der Waals surface area contributed by atoms with Crippen LogP contribution in [0, 0.1) is 0 Å². The summed E-state index contributed by atoms with van der Waals surface area (Å²) in [6, 6.07) is 17.0. The van der Waals surface area contributed by atoms with Crippen LogP contribution in [0.2, 0.25) is 0 Å². The second kappa shape index (κ2) is 7.72. The van der Waals surface area contributed by atoms with E-state index in [9.17, 15) is 0 Å². The molecule has 0 N–H and O–H groups in total. The van der Waals surface area contributed by atoms with Crippen LogP contribution in [0.4, 0.5) is 0 Å². The molecule has 0 aromatic heterocycles. The van der Waals surface area contributed by atoms with Gasteiger partial charge in [-0.15, -0.1) is 0 Å². The van der Waals surface area contributed by atoms with E-state index in [4.69, 9.17) is 0 Å². The molecule has 0 aliphatic carbocycles. The van der Waals surface area contributed by atoms with Crippen molar-refractivity contribution in [2.75, 3.05) is 0 Å². The molecule has 0 fully saturated rings. The first kappa shape index (κ1) is 17.4. The summed E-state index contributed by atoms with van der Waals surface area (Å²) in [5.41, 5.74) is 2.56. The number of hydrogen-bond donors (Lipinski definition) is 0. The molecule has 0 amide bonds. The van der Waals surface area contributed by atoms with E-state index in [1.165, 1.54) is 29.4 Å². The van der Waals surface area contributed by atoms with Gasteiger partial charge in [0.25, 0.3) is 0 Å². The summed E-state index contributed by atoms with van der Waals surface area (Å²) in [4.78, 5) is 2.65. The van der Waals surface area contributed by atoms with E-state index in [1.54, 1.807) is 0 Å². The van der Waals surface area contributed by atoms with Gasteiger partial charge in [0.1, 0.15) is 0 Å². The third-order valence-corrected chi connectivity index (χ3v) is 9.79. The number of thioether (sulfide) groups is 4. The van der Waals surface area contributed by atoms with Gasteiger partial charge in [0.05, 0.1) is 8.47 Å². The molecule has 2 aliphatic rings. The predicted molar refractivity (Wildman–Crippen MR) is 122 cm³/mol. The molecule has 2 aliphatic heterocycles. The van der Waals surface area contributed by atoms with Crippen molar-refractivity contribution in [1.82, 2.24) is 0 Å². The molecule has 120 valence electrons. The first-order valence-electron chi connectivity index (χ1n) is 7.04. The maximum Gasteiger partial charge on any atom is 0.0700 e. The zero-order valence-electron chi connectivity index (χ0n) is 12.2. The van der Waals surface area contributed by atoms with E-state index in [1.807, 2.05) is 47.0 Å². The molecule has 0 saturated carbocycles. The third kappa shape index (κ3) is 3.89. The van der Waals surface area contributed by atoms with Crippen molar-refractivity contribution in [3.8, 4) is 0 Å². The van der Waals surface area contributed by atoms with Crippen molar-refractivity contribution in [2.24, 2.45) is 0 Å². The molecule has 6 heteroatoms. The Morgan fingerprint density at radius 3 is 1.29 bits per heavy atom. The molecule has 2 heterocycles. The number of rotatable bonds is 2. The van der Waals surface area contributed by atoms with Crippen molar-refractivity contribution in [2.45, 2.75) is 0 Å². The van der Waals surface area contributed by atoms with E-state index >= 15 is 0 Å². The largest absolute Gasteiger partial charge is 0.0878 e. The highest BCUT2D eigenvalue weighted by Crippen LogP contribution is 2.58. The van der Waals surface area contributed by atoms with E-state index < -0.39 is 0 Å². The fourth-order valence-electron chi connectivity index (χ4n) is 2.17. The minimum Gasteiger partial charge on any atom is -0.0878 e. The van der Waals surface area contributed by atoms with Crippen LogP contribution in [-0.4, -0.2) is 0 Å². The molecule has 0 unspecified atom stereocenters. The molecule has 0 radical (unpaired) electrons. The van der Waals surface area contributed by atoms with E-state index in [0.717, 1.165) is 8.95 Å². The van der Waals surface area contributed by atoms with Crippen LogP contribution >= 0.6 is 78.9 Å². The maximum absolute atomic E-state index is 3.50. The lowest BCUT2D eigenvalue weighted by Crippen LogP contribution is -1.77. The van der Waals surface area contributed by atoms with Crippen LogP contribution in [0.25, 0.3) is 9.81 Å². The van der Waals surface area contributed by atoms with Gasteiger partial charge in [0, 0.05) is 18.8 Å². The highest BCUT2D eigenvalue weighted by Gasteiger charge is 2.23. The number of benzene rings is 2. The van der Waals surface area contributed by atoms with Crippen molar-refractivity contribution in [3.63, 3.8) is 0 Å². The molecular formula is C18H10Br2S4. The van der Waals surface area contributed by atoms with Crippen LogP contribution in [-0.2, 0) is 0 Å². The molecule has 0 spiro atoms. The summed E-state index contributed by atoms with van der Waals surface area (Å²) >= 11 is 14.4. The van der Waals surface area contributed by atoms with Gasteiger partial charge < -0.3 is 0 Å². The smallest absolute Gasteiger partial charge is 0.0700 e. The second-order valence-electron chi connectivity index (χ2n) is 4.99. The standard InChI is InChI=1S/C18H10Br2S4/c19-13-5-1-11(2-6-13)15-9-21-17(23-15)18-22-10-16(24-18)12-3-7-14(20)8-4-12/h1-10H/b18-17+. The van der Waals surface area contributed by atoms with Crippen molar-refractivity contribution >= 4 is 88.7 Å². The molecule has 24 heavy (non-hydrogen) atoms. The van der Waals surface area contributed by atoms with Gasteiger partial charge in [-0.2, -0.15) is 0 Å². The minimum absolute atomic E-state index is 1.12. The van der Waals surface area contributed by atoms with Crippen molar-refractivity contribution in [1.29, 1.82) is 0 Å². The fraction of sp³-hybridized carbons (Fsp3) is 0. The normalized spacial score (nSPS) is 20.2. The van der Waals surface area contributed by atoms with Gasteiger partial charge in [-0.25, -0.2) is 0 Å². The Labute approximate surface area is 175 Å². The van der Waals surface area contributed by atoms with Crippen LogP contribution in [0.5, 0.6) is 0 Å². The Bertz CT molecular complexity index is 791. The molecule has 2 aromatic rings. The SMILES string of the molecule is Brc1ccc(C2=CS/C(=C3/SC=C(c4ccc(Br)cc4)S3)S2)cc1. The van der Waals surface area contributed by atoms with Crippen LogP contribution < -0.4 is 0 Å². The Kier molecular flexibility index (Phi) is 5.61. The van der Waals surface area contributed by atoms with Gasteiger partial charge in [-0.05, 0) is 46.2 Å². The summed E-state index contributed by atoms with van der Waals surface area (Å²) < 4.78 is 5.00. The second-order valence-corrected chi connectivity index (χ2v) is 11.2. The highest BCUT2D eigenvalue weighted by atomic mass is 79.9. The first-order valence-corrected chi connectivity index (χ1v) is 12.0. The lowest BCUT2D eigenvalue weighted by Gasteiger charge is -2.05. The molecule has 2 aromatic carbocycles. The molecule has 0 bridgehead atoms. The Morgan fingerprint density at radius 1 is 0.542 bits per heavy atom. The highest BCUT2D eigenvalue weighted by molar-refractivity contribution is 9.10. The number of halogens is 2. The lowest BCUT2D eigenvalue weighted by atomic mass is 10.2. The Hall–Kier alpha value is 0.0200. The molecule has 4 rings (SSSR count). The third-order valence-electron chi connectivity index (χ3n) is 3.38. The van der Waals surface area contributed by atoms with E-state index in [0.29, 0.717) is 0 Å². The first-order chi connectivity index (χ1) is 11.7. The molecule has 0 atom stereocenters. The molecule has 0 nitrogen and oxygen atoms in total. The fourth-order valence-corrected chi connectivity index (χ4v) is 7.63. The van der Waals surface area contributed by atoms with Gasteiger partial charge in [0.15, 0.2) is 0 Å². The quantitative estimate of drug-likeness (QED) is 0.394.